The molecule has 0 spiro atoms. The van der Waals surface area contributed by atoms with E-state index in [2.05, 4.69) is 46.8 Å². The molecule has 9 nitrogen and oxygen atoms in total. The first kappa shape index (κ1) is 21.0. The van der Waals surface area contributed by atoms with Crippen LogP contribution in [0.5, 0.6) is 0 Å². The lowest BCUT2D eigenvalue weighted by molar-refractivity contribution is 0.0981. The Morgan fingerprint density at radius 1 is 1.23 bits per heavy atom. The van der Waals surface area contributed by atoms with Gasteiger partial charge in [0.25, 0.3) is 5.91 Å². The lowest BCUT2D eigenvalue weighted by Gasteiger charge is -2.39. The van der Waals surface area contributed by atoms with Crippen molar-refractivity contribution in [1.29, 1.82) is 0 Å². The van der Waals surface area contributed by atoms with Gasteiger partial charge in [-0.25, -0.2) is 17.8 Å². The molecule has 10 heteroatoms. The molecule has 2 N–H and O–H groups in total. The Morgan fingerprint density at radius 2 is 2.00 bits per heavy atom. The first-order valence-electron chi connectivity index (χ1n) is 9.79. The molecule has 2 heterocycles. The quantitative estimate of drug-likeness (QED) is 0.639. The number of aromatic nitrogens is 4. The van der Waals surface area contributed by atoms with Gasteiger partial charge < -0.3 is 5.32 Å². The third-order valence-corrected chi connectivity index (χ3v) is 6.06. The second kappa shape index (κ2) is 7.45. The standard InChI is InChI=1S/C21H24N6O3S/c1-21(2)12-18(13-6-5-7-14(10-13)19-23-25-26-27(19)3)22-17-9-8-15(11-16(17)21)20(28)24-31(4,29)30/h5-11,18,22H,12H2,1-4H3,(H,24,28). The van der Waals surface area contributed by atoms with Crippen LogP contribution >= 0.6 is 0 Å². The second-order valence-electron chi connectivity index (χ2n) is 8.50. The third-order valence-electron chi connectivity index (χ3n) is 5.50. The summed E-state index contributed by atoms with van der Waals surface area (Å²) in [7, 11) is -1.82. The van der Waals surface area contributed by atoms with Crippen LogP contribution in [0, 0.1) is 0 Å². The van der Waals surface area contributed by atoms with Crippen molar-refractivity contribution in [1.82, 2.24) is 24.9 Å². The molecule has 1 unspecified atom stereocenters. The SMILES string of the molecule is Cn1nnnc1-c1cccc(C2CC(C)(C)c3cc(C(=O)NS(C)(=O)=O)ccc3N2)c1. The summed E-state index contributed by atoms with van der Waals surface area (Å²) in [6.07, 6.45) is 1.75. The fourth-order valence-electron chi connectivity index (χ4n) is 4.03. The summed E-state index contributed by atoms with van der Waals surface area (Å²) >= 11 is 0. The molecule has 0 bridgehead atoms. The van der Waals surface area contributed by atoms with Crippen molar-refractivity contribution in [2.24, 2.45) is 7.05 Å². The fourth-order valence-corrected chi connectivity index (χ4v) is 4.48. The third kappa shape index (κ3) is 4.29. The van der Waals surface area contributed by atoms with Crippen LogP contribution < -0.4 is 10.0 Å². The number of benzene rings is 2. The molecule has 0 fully saturated rings. The van der Waals surface area contributed by atoms with Gasteiger partial charge in [0, 0.05) is 23.9 Å². The number of hydrogen-bond donors (Lipinski definition) is 2. The van der Waals surface area contributed by atoms with Crippen molar-refractivity contribution >= 4 is 21.6 Å². The van der Waals surface area contributed by atoms with Crippen molar-refractivity contribution in [3.05, 3.63) is 59.2 Å². The first-order valence-corrected chi connectivity index (χ1v) is 11.7. The zero-order valence-corrected chi connectivity index (χ0v) is 18.6. The Morgan fingerprint density at radius 3 is 2.68 bits per heavy atom. The van der Waals surface area contributed by atoms with Gasteiger partial charge >= 0.3 is 0 Å². The van der Waals surface area contributed by atoms with Gasteiger partial charge in [-0.2, -0.15) is 0 Å². The molecule has 0 saturated heterocycles. The number of aryl methyl sites for hydroxylation is 1. The Hall–Kier alpha value is -3.27. The van der Waals surface area contributed by atoms with Crippen molar-refractivity contribution in [3.63, 3.8) is 0 Å². The number of hydrogen-bond acceptors (Lipinski definition) is 7. The van der Waals surface area contributed by atoms with Crippen LogP contribution in [0.2, 0.25) is 0 Å². The zero-order chi connectivity index (χ0) is 22.4. The van der Waals surface area contributed by atoms with Gasteiger partial charge in [-0.3, -0.25) is 4.79 Å². The van der Waals surface area contributed by atoms with Gasteiger partial charge in [-0.05, 0) is 57.7 Å². The summed E-state index contributed by atoms with van der Waals surface area (Å²) in [4.78, 5) is 12.3. The maximum absolute atomic E-state index is 12.3. The number of tetrazole rings is 1. The highest BCUT2D eigenvalue weighted by molar-refractivity contribution is 7.89. The highest BCUT2D eigenvalue weighted by Crippen LogP contribution is 2.44. The largest absolute Gasteiger partial charge is 0.378 e. The fraction of sp³-hybridized carbons (Fsp3) is 0.333. The molecule has 0 saturated carbocycles. The van der Waals surface area contributed by atoms with Crippen LogP contribution in [-0.4, -0.2) is 40.8 Å². The molecule has 4 rings (SSSR count). The number of amides is 1. The Balaban J connectivity index is 1.65. The van der Waals surface area contributed by atoms with Crippen LogP contribution in [0.15, 0.2) is 42.5 Å². The highest BCUT2D eigenvalue weighted by atomic mass is 32.2. The molecule has 0 radical (unpaired) electrons. The van der Waals surface area contributed by atoms with E-state index in [1.807, 2.05) is 22.9 Å². The molecular formula is C21H24N6O3S. The molecule has 1 amide bonds. The minimum absolute atomic E-state index is 0.0549. The van der Waals surface area contributed by atoms with E-state index in [0.29, 0.717) is 11.4 Å². The van der Waals surface area contributed by atoms with Crippen LogP contribution in [0.4, 0.5) is 5.69 Å². The normalized spacial score (nSPS) is 17.5. The Bertz CT molecular complexity index is 1270. The summed E-state index contributed by atoms with van der Waals surface area (Å²) in [5.41, 5.74) is 4.01. The number of sulfonamides is 1. The minimum atomic E-state index is -3.62. The van der Waals surface area contributed by atoms with Crippen molar-refractivity contribution in [3.8, 4) is 11.4 Å². The van der Waals surface area contributed by atoms with Gasteiger partial charge in [-0.15, -0.1) is 5.10 Å². The van der Waals surface area contributed by atoms with E-state index >= 15 is 0 Å². The summed E-state index contributed by atoms with van der Waals surface area (Å²) < 4.78 is 26.5. The van der Waals surface area contributed by atoms with E-state index < -0.39 is 15.9 Å². The van der Waals surface area contributed by atoms with Gasteiger partial charge in [-0.1, -0.05) is 32.0 Å². The van der Waals surface area contributed by atoms with E-state index in [0.717, 1.165) is 35.1 Å². The number of fused-ring (bicyclic) bond motifs is 1. The summed E-state index contributed by atoms with van der Waals surface area (Å²) in [5, 5.41) is 15.3. The predicted octanol–water partition coefficient (Wildman–Crippen LogP) is 2.40. The van der Waals surface area contributed by atoms with Gasteiger partial charge in [0.15, 0.2) is 5.82 Å². The second-order valence-corrected chi connectivity index (χ2v) is 10.2. The van der Waals surface area contributed by atoms with Gasteiger partial charge in [0.2, 0.25) is 10.0 Å². The number of rotatable bonds is 4. The lowest BCUT2D eigenvalue weighted by Crippen LogP contribution is -2.33. The number of carbonyl (C=O) groups excluding carboxylic acids is 1. The zero-order valence-electron chi connectivity index (χ0n) is 17.7. The van der Waals surface area contributed by atoms with Crippen molar-refractivity contribution in [2.45, 2.75) is 31.7 Å². The molecule has 1 aromatic heterocycles. The van der Waals surface area contributed by atoms with Crippen LogP contribution in [0.3, 0.4) is 0 Å². The molecule has 1 aliphatic heterocycles. The highest BCUT2D eigenvalue weighted by Gasteiger charge is 2.34. The molecular weight excluding hydrogens is 416 g/mol. The summed E-state index contributed by atoms with van der Waals surface area (Å²) in [5.74, 6) is 0.0621. The molecule has 3 aromatic rings. The molecule has 2 aromatic carbocycles. The first-order chi connectivity index (χ1) is 14.5. The van der Waals surface area contributed by atoms with Crippen LogP contribution in [-0.2, 0) is 22.5 Å². The molecule has 162 valence electrons. The maximum atomic E-state index is 12.3. The van der Waals surface area contributed by atoms with E-state index in [9.17, 15) is 13.2 Å². The molecule has 1 atom stereocenters. The maximum Gasteiger partial charge on any atom is 0.264 e. The smallest absolute Gasteiger partial charge is 0.264 e. The topological polar surface area (TPSA) is 119 Å². The summed E-state index contributed by atoms with van der Waals surface area (Å²) in [6, 6.07) is 13.4. The average molecular weight is 441 g/mol. The lowest BCUT2D eigenvalue weighted by atomic mass is 9.73. The Labute approximate surface area is 180 Å². The van der Waals surface area contributed by atoms with Crippen molar-refractivity contribution < 1.29 is 13.2 Å². The molecule has 1 aliphatic rings. The number of anilines is 1. The van der Waals surface area contributed by atoms with Crippen LogP contribution in [0.25, 0.3) is 11.4 Å². The minimum Gasteiger partial charge on any atom is -0.378 e. The monoisotopic (exact) mass is 440 g/mol. The number of nitrogens with one attached hydrogen (secondary N) is 2. The van der Waals surface area contributed by atoms with Crippen LogP contribution in [0.1, 0.15) is 47.8 Å². The Kier molecular flexibility index (Phi) is 5.04. The average Bonchev–Trinajstić information content (AvgIpc) is 3.12. The van der Waals surface area contributed by atoms with E-state index in [-0.39, 0.29) is 11.5 Å². The summed E-state index contributed by atoms with van der Waals surface area (Å²) in [6.45, 7) is 4.24. The predicted molar refractivity (Wildman–Crippen MR) is 117 cm³/mol. The number of carbonyl (C=O) groups is 1. The molecule has 31 heavy (non-hydrogen) atoms. The number of nitrogens with zero attached hydrogens (tertiary/aromatic N) is 4. The van der Waals surface area contributed by atoms with E-state index in [1.54, 1.807) is 23.9 Å². The van der Waals surface area contributed by atoms with E-state index in [1.165, 1.54) is 0 Å². The van der Waals surface area contributed by atoms with E-state index in [4.69, 9.17) is 0 Å². The van der Waals surface area contributed by atoms with Gasteiger partial charge in [0.1, 0.15) is 0 Å². The van der Waals surface area contributed by atoms with Gasteiger partial charge in [0.05, 0.1) is 12.3 Å². The van der Waals surface area contributed by atoms with Crippen molar-refractivity contribution in [2.75, 3.05) is 11.6 Å². The molecule has 0 aliphatic carbocycles.